The highest BCUT2D eigenvalue weighted by Crippen LogP contribution is 2.36. The summed E-state index contributed by atoms with van der Waals surface area (Å²) in [6.07, 6.45) is 5.54. The number of aromatic nitrogens is 3. The van der Waals surface area contributed by atoms with E-state index in [2.05, 4.69) is 25.6 Å². The maximum absolute atomic E-state index is 13.3. The third-order valence-electron chi connectivity index (χ3n) is 5.07. The maximum Gasteiger partial charge on any atom is 0.417 e. The summed E-state index contributed by atoms with van der Waals surface area (Å²) in [6.45, 7) is 1.16. The van der Waals surface area contributed by atoms with Crippen LogP contribution in [0.3, 0.4) is 0 Å². The number of anilines is 2. The molecule has 10 heteroatoms. The molecule has 0 atom stereocenters. The number of nitrogens with one attached hydrogen (secondary N) is 2. The van der Waals surface area contributed by atoms with Gasteiger partial charge in [-0.25, -0.2) is 4.98 Å². The second-order valence-electron chi connectivity index (χ2n) is 7.79. The minimum Gasteiger partial charge on any atom is -0.370 e. The van der Waals surface area contributed by atoms with Crippen molar-refractivity contribution in [3.05, 3.63) is 72.1 Å². The molecule has 3 aromatic rings. The number of unbranched alkanes of at least 4 members (excludes halogenated alkanes) is 3. The molecule has 0 radical (unpaired) electrons. The number of halogens is 3. The first kappa shape index (κ1) is 25.7. The number of nitrogen functional groups attached to an aromatic ring is 1. The van der Waals surface area contributed by atoms with E-state index in [1.807, 2.05) is 6.07 Å². The monoisotopic (exact) mass is 484 g/mol. The molecule has 2 aromatic heterocycles. The van der Waals surface area contributed by atoms with Crippen molar-refractivity contribution in [2.24, 2.45) is 0 Å². The van der Waals surface area contributed by atoms with Gasteiger partial charge in [0.15, 0.2) is 0 Å². The van der Waals surface area contributed by atoms with E-state index in [4.69, 9.17) is 5.73 Å². The Morgan fingerprint density at radius 1 is 1.00 bits per heavy atom. The second-order valence-corrected chi connectivity index (χ2v) is 7.79. The smallest absolute Gasteiger partial charge is 0.370 e. The van der Waals surface area contributed by atoms with Crippen molar-refractivity contribution in [3.8, 4) is 11.3 Å². The van der Waals surface area contributed by atoms with Gasteiger partial charge in [0.05, 0.1) is 11.3 Å². The van der Waals surface area contributed by atoms with E-state index in [1.54, 1.807) is 24.5 Å². The molecule has 4 N–H and O–H groups in total. The Balaban J connectivity index is 1.39. The largest absolute Gasteiger partial charge is 0.417 e. The number of carbonyl (C=O) groups excluding carboxylic acids is 1. The lowest BCUT2D eigenvalue weighted by atomic mass is 10.0. The molecule has 2 heterocycles. The molecule has 0 unspecified atom stereocenters. The molecular formula is C25H27F3N6O. The van der Waals surface area contributed by atoms with E-state index >= 15 is 0 Å². The van der Waals surface area contributed by atoms with Gasteiger partial charge in [-0.15, -0.1) is 0 Å². The normalized spacial score (nSPS) is 11.5. The van der Waals surface area contributed by atoms with Crippen LogP contribution in [0.2, 0.25) is 0 Å². The molecule has 0 fully saturated rings. The van der Waals surface area contributed by atoms with Gasteiger partial charge in [0.1, 0.15) is 5.82 Å². The van der Waals surface area contributed by atoms with Gasteiger partial charge in [0, 0.05) is 43.2 Å². The standard InChI is InChI=1S/C25H27F3N6O/c26-25(27,28)20-10-4-3-9-19(20)21-16-22(34-24(29)33-21)31-14-5-1-2-6-15-32-23(35)12-11-18-8-7-13-30-17-18/h3-4,7-13,16-17H,1-2,5-6,14-15H2,(H,32,35)(H3,29,31,33,34)/b12-11+. The van der Waals surface area contributed by atoms with Crippen molar-refractivity contribution in [2.45, 2.75) is 31.9 Å². The summed E-state index contributed by atoms with van der Waals surface area (Å²) in [5.41, 5.74) is 5.88. The molecule has 0 aliphatic heterocycles. The molecule has 7 nitrogen and oxygen atoms in total. The van der Waals surface area contributed by atoms with Gasteiger partial charge >= 0.3 is 6.18 Å². The first-order chi connectivity index (χ1) is 16.8. The van der Waals surface area contributed by atoms with Crippen LogP contribution in [0.5, 0.6) is 0 Å². The number of hydrogen-bond donors (Lipinski definition) is 3. The summed E-state index contributed by atoms with van der Waals surface area (Å²) in [7, 11) is 0. The molecule has 0 aliphatic carbocycles. The molecular weight excluding hydrogens is 457 g/mol. The van der Waals surface area contributed by atoms with Gasteiger partial charge in [0.25, 0.3) is 0 Å². The van der Waals surface area contributed by atoms with E-state index in [0.717, 1.165) is 37.3 Å². The first-order valence-corrected chi connectivity index (χ1v) is 11.2. The van der Waals surface area contributed by atoms with Gasteiger partial charge in [-0.2, -0.15) is 18.2 Å². The zero-order valence-electron chi connectivity index (χ0n) is 19.1. The number of amides is 1. The summed E-state index contributed by atoms with van der Waals surface area (Å²) in [5, 5.41) is 5.94. The van der Waals surface area contributed by atoms with Gasteiger partial charge in [-0.1, -0.05) is 37.1 Å². The molecule has 184 valence electrons. The van der Waals surface area contributed by atoms with Crippen LogP contribution in [-0.4, -0.2) is 33.9 Å². The fourth-order valence-electron chi connectivity index (χ4n) is 3.39. The Morgan fingerprint density at radius 2 is 1.77 bits per heavy atom. The fraction of sp³-hybridized carbons (Fsp3) is 0.280. The molecule has 1 aromatic carbocycles. The number of pyridine rings is 1. The van der Waals surface area contributed by atoms with Crippen molar-refractivity contribution in [1.29, 1.82) is 0 Å². The lowest BCUT2D eigenvalue weighted by molar-refractivity contribution is -0.137. The lowest BCUT2D eigenvalue weighted by Crippen LogP contribution is -2.22. The molecule has 0 saturated heterocycles. The second kappa shape index (κ2) is 12.5. The van der Waals surface area contributed by atoms with Crippen molar-refractivity contribution in [1.82, 2.24) is 20.3 Å². The third-order valence-corrected chi connectivity index (χ3v) is 5.07. The van der Waals surface area contributed by atoms with E-state index in [1.165, 1.54) is 30.3 Å². The van der Waals surface area contributed by atoms with Crippen molar-refractivity contribution >= 4 is 23.7 Å². The van der Waals surface area contributed by atoms with Crippen LogP contribution in [0.1, 0.15) is 36.8 Å². The van der Waals surface area contributed by atoms with Crippen molar-refractivity contribution in [2.75, 3.05) is 24.1 Å². The molecule has 35 heavy (non-hydrogen) atoms. The summed E-state index contributed by atoms with van der Waals surface area (Å²) in [4.78, 5) is 23.9. The average molecular weight is 485 g/mol. The Bertz CT molecular complexity index is 1140. The van der Waals surface area contributed by atoms with E-state index in [9.17, 15) is 18.0 Å². The Labute approximate surface area is 201 Å². The minimum absolute atomic E-state index is 0.0468. The molecule has 0 aliphatic rings. The Morgan fingerprint density at radius 3 is 2.51 bits per heavy atom. The summed E-state index contributed by atoms with van der Waals surface area (Å²) in [5.74, 6) is 0.118. The Kier molecular flexibility index (Phi) is 9.16. The van der Waals surface area contributed by atoms with E-state index < -0.39 is 11.7 Å². The van der Waals surface area contributed by atoms with Crippen LogP contribution in [-0.2, 0) is 11.0 Å². The molecule has 0 spiro atoms. The highest BCUT2D eigenvalue weighted by molar-refractivity contribution is 5.91. The summed E-state index contributed by atoms with van der Waals surface area (Å²) < 4.78 is 40.0. The number of nitrogens with zero attached hydrogens (tertiary/aromatic N) is 3. The van der Waals surface area contributed by atoms with Crippen LogP contribution in [0.4, 0.5) is 24.9 Å². The average Bonchev–Trinajstić information content (AvgIpc) is 2.84. The highest BCUT2D eigenvalue weighted by atomic mass is 19.4. The molecule has 3 rings (SSSR count). The van der Waals surface area contributed by atoms with Gasteiger partial charge < -0.3 is 16.4 Å². The number of nitrogens with two attached hydrogens (primary N) is 1. The Hall–Kier alpha value is -3.95. The van der Waals surface area contributed by atoms with Crippen molar-refractivity contribution in [3.63, 3.8) is 0 Å². The van der Waals surface area contributed by atoms with E-state index in [0.29, 0.717) is 18.9 Å². The van der Waals surface area contributed by atoms with Crippen LogP contribution in [0.25, 0.3) is 17.3 Å². The number of rotatable bonds is 11. The first-order valence-electron chi connectivity index (χ1n) is 11.2. The molecule has 1 amide bonds. The van der Waals surface area contributed by atoms with Gasteiger partial charge in [0.2, 0.25) is 11.9 Å². The van der Waals surface area contributed by atoms with Crippen LogP contribution >= 0.6 is 0 Å². The van der Waals surface area contributed by atoms with Gasteiger partial charge in [-0.3, -0.25) is 9.78 Å². The summed E-state index contributed by atoms with van der Waals surface area (Å²) >= 11 is 0. The quantitative estimate of drug-likeness (QED) is 0.263. The number of hydrogen-bond acceptors (Lipinski definition) is 6. The van der Waals surface area contributed by atoms with Crippen LogP contribution < -0.4 is 16.4 Å². The predicted octanol–water partition coefficient (Wildman–Crippen LogP) is 4.94. The summed E-state index contributed by atoms with van der Waals surface area (Å²) in [6, 6.07) is 10.4. The lowest BCUT2D eigenvalue weighted by Gasteiger charge is -2.13. The third kappa shape index (κ3) is 8.40. The zero-order chi connectivity index (χ0) is 25.1. The van der Waals surface area contributed by atoms with Gasteiger partial charge in [-0.05, 0) is 36.6 Å². The number of carbonyl (C=O) groups is 1. The molecule has 0 bridgehead atoms. The zero-order valence-corrected chi connectivity index (χ0v) is 19.1. The molecule has 0 saturated carbocycles. The maximum atomic E-state index is 13.3. The number of alkyl halides is 3. The predicted molar refractivity (Wildman–Crippen MR) is 130 cm³/mol. The number of benzene rings is 1. The fourth-order valence-corrected chi connectivity index (χ4v) is 3.39. The topological polar surface area (TPSA) is 106 Å². The highest BCUT2D eigenvalue weighted by Gasteiger charge is 2.33. The van der Waals surface area contributed by atoms with E-state index in [-0.39, 0.29) is 23.1 Å². The van der Waals surface area contributed by atoms with Crippen molar-refractivity contribution < 1.29 is 18.0 Å². The van der Waals surface area contributed by atoms with Crippen LogP contribution in [0, 0.1) is 0 Å². The minimum atomic E-state index is -4.50. The van der Waals surface area contributed by atoms with Crippen LogP contribution in [0.15, 0.2) is 60.9 Å². The SMILES string of the molecule is Nc1nc(NCCCCCCNC(=O)/C=C/c2cccnc2)cc(-c2ccccc2C(F)(F)F)n1.